The maximum Gasteiger partial charge on any atom is 0.137 e. The number of nitrogens with one attached hydrogen (secondary N) is 1. The first-order valence-corrected chi connectivity index (χ1v) is 10.4. The third-order valence-corrected chi connectivity index (χ3v) is 6.09. The SMILES string of the molecule is Cc1nc2cnc3ccc(-c4cnc5[nH]ccc5c4)cc3c2n1[C@@H](C)c1ccccc1. The molecule has 6 aromatic rings. The number of benzene rings is 2. The normalized spacial score (nSPS) is 12.7. The largest absolute Gasteiger partial charge is 0.346 e. The number of fused-ring (bicyclic) bond motifs is 4. The number of rotatable bonds is 3. The van der Waals surface area contributed by atoms with E-state index in [0.717, 1.165) is 49.9 Å². The van der Waals surface area contributed by atoms with Gasteiger partial charge in [-0.05, 0) is 49.2 Å². The summed E-state index contributed by atoms with van der Waals surface area (Å²) >= 11 is 0. The average Bonchev–Trinajstić information content (AvgIpc) is 3.42. The average molecular weight is 403 g/mol. The van der Waals surface area contributed by atoms with E-state index in [4.69, 9.17) is 4.98 Å². The molecule has 0 fully saturated rings. The Hall–Kier alpha value is -3.99. The number of hydrogen-bond acceptors (Lipinski definition) is 3. The zero-order chi connectivity index (χ0) is 20.9. The second-order valence-electron chi connectivity index (χ2n) is 7.98. The van der Waals surface area contributed by atoms with E-state index in [-0.39, 0.29) is 6.04 Å². The van der Waals surface area contributed by atoms with Crippen molar-refractivity contribution in [2.45, 2.75) is 19.9 Å². The molecule has 0 saturated heterocycles. The fourth-order valence-corrected chi connectivity index (χ4v) is 4.52. The molecule has 1 atom stereocenters. The molecule has 0 aliphatic carbocycles. The zero-order valence-corrected chi connectivity index (χ0v) is 17.4. The van der Waals surface area contributed by atoms with Crippen LogP contribution in [-0.4, -0.2) is 24.5 Å². The Morgan fingerprint density at radius 1 is 0.871 bits per heavy atom. The molecule has 4 aromatic heterocycles. The first-order valence-electron chi connectivity index (χ1n) is 10.4. The summed E-state index contributed by atoms with van der Waals surface area (Å²) in [6.45, 7) is 4.29. The molecule has 0 aliphatic heterocycles. The summed E-state index contributed by atoms with van der Waals surface area (Å²) in [5.41, 5.74) is 7.38. The van der Waals surface area contributed by atoms with Gasteiger partial charge in [0.25, 0.3) is 0 Å². The van der Waals surface area contributed by atoms with E-state index in [2.05, 4.69) is 88.0 Å². The molecule has 0 spiro atoms. The van der Waals surface area contributed by atoms with Crippen molar-refractivity contribution in [1.82, 2.24) is 24.5 Å². The smallest absolute Gasteiger partial charge is 0.137 e. The summed E-state index contributed by atoms with van der Waals surface area (Å²) in [5, 5.41) is 2.21. The number of aromatic nitrogens is 5. The molecule has 31 heavy (non-hydrogen) atoms. The predicted octanol–water partition coefficient (Wildman–Crippen LogP) is 6.05. The lowest BCUT2D eigenvalue weighted by molar-refractivity contribution is 0.638. The number of aryl methyl sites for hydroxylation is 1. The molecule has 4 heterocycles. The van der Waals surface area contributed by atoms with Crippen LogP contribution in [0.5, 0.6) is 0 Å². The first-order chi connectivity index (χ1) is 15.2. The van der Waals surface area contributed by atoms with Crippen molar-refractivity contribution < 1.29 is 0 Å². The molecule has 0 radical (unpaired) electrons. The van der Waals surface area contributed by atoms with E-state index in [1.807, 2.05) is 24.7 Å². The summed E-state index contributed by atoms with van der Waals surface area (Å²) in [6, 6.07) is 21.4. The van der Waals surface area contributed by atoms with Crippen molar-refractivity contribution in [2.75, 3.05) is 0 Å². The van der Waals surface area contributed by atoms with E-state index in [9.17, 15) is 0 Å². The number of imidazole rings is 1. The van der Waals surface area contributed by atoms with E-state index in [1.54, 1.807) is 0 Å². The van der Waals surface area contributed by atoms with E-state index in [1.165, 1.54) is 5.56 Å². The molecule has 0 amide bonds. The van der Waals surface area contributed by atoms with Crippen molar-refractivity contribution in [3.8, 4) is 11.1 Å². The molecule has 6 rings (SSSR count). The number of pyridine rings is 2. The van der Waals surface area contributed by atoms with Crippen LogP contribution in [0, 0.1) is 6.92 Å². The Bertz CT molecular complexity index is 1560. The summed E-state index contributed by atoms with van der Waals surface area (Å²) in [4.78, 5) is 17.2. The highest BCUT2D eigenvalue weighted by molar-refractivity contribution is 6.04. The zero-order valence-electron chi connectivity index (χ0n) is 17.4. The van der Waals surface area contributed by atoms with Crippen LogP contribution in [0.1, 0.15) is 24.4 Å². The van der Waals surface area contributed by atoms with Crippen LogP contribution in [0.3, 0.4) is 0 Å². The van der Waals surface area contributed by atoms with E-state index >= 15 is 0 Å². The molecule has 5 nitrogen and oxygen atoms in total. The van der Waals surface area contributed by atoms with Crippen molar-refractivity contribution in [1.29, 1.82) is 0 Å². The highest BCUT2D eigenvalue weighted by Gasteiger charge is 2.18. The van der Waals surface area contributed by atoms with Crippen LogP contribution in [0.2, 0.25) is 0 Å². The van der Waals surface area contributed by atoms with Crippen LogP contribution >= 0.6 is 0 Å². The molecule has 5 heteroatoms. The molecule has 2 aromatic carbocycles. The van der Waals surface area contributed by atoms with Gasteiger partial charge in [-0.1, -0.05) is 36.4 Å². The van der Waals surface area contributed by atoms with Gasteiger partial charge in [0.2, 0.25) is 0 Å². The third-order valence-electron chi connectivity index (χ3n) is 6.09. The van der Waals surface area contributed by atoms with Crippen LogP contribution in [0.4, 0.5) is 0 Å². The summed E-state index contributed by atoms with van der Waals surface area (Å²) in [5.74, 6) is 0.987. The fraction of sp³-hybridized carbons (Fsp3) is 0.115. The van der Waals surface area contributed by atoms with Gasteiger partial charge in [0.15, 0.2) is 0 Å². The second-order valence-corrected chi connectivity index (χ2v) is 7.98. The van der Waals surface area contributed by atoms with Gasteiger partial charge in [-0.2, -0.15) is 0 Å². The lowest BCUT2D eigenvalue weighted by Gasteiger charge is -2.18. The highest BCUT2D eigenvalue weighted by atomic mass is 15.1. The van der Waals surface area contributed by atoms with Gasteiger partial charge in [-0.25, -0.2) is 9.97 Å². The minimum atomic E-state index is 0.165. The van der Waals surface area contributed by atoms with Crippen molar-refractivity contribution in [3.05, 3.63) is 90.6 Å². The monoisotopic (exact) mass is 403 g/mol. The molecule has 0 aliphatic rings. The Balaban J connectivity index is 1.60. The van der Waals surface area contributed by atoms with Gasteiger partial charge in [0.1, 0.15) is 17.0 Å². The Labute approximate surface area is 179 Å². The Morgan fingerprint density at radius 3 is 2.61 bits per heavy atom. The van der Waals surface area contributed by atoms with Crippen molar-refractivity contribution >= 4 is 33.0 Å². The summed E-state index contributed by atoms with van der Waals surface area (Å²) < 4.78 is 2.33. The predicted molar refractivity (Wildman–Crippen MR) is 125 cm³/mol. The molecule has 1 N–H and O–H groups in total. The third kappa shape index (κ3) is 2.81. The number of aromatic amines is 1. The van der Waals surface area contributed by atoms with Crippen LogP contribution in [0.25, 0.3) is 44.1 Å². The van der Waals surface area contributed by atoms with Gasteiger partial charge in [0, 0.05) is 28.7 Å². The highest BCUT2D eigenvalue weighted by Crippen LogP contribution is 2.33. The molecule has 0 unspecified atom stereocenters. The van der Waals surface area contributed by atoms with Gasteiger partial charge < -0.3 is 9.55 Å². The van der Waals surface area contributed by atoms with Crippen LogP contribution < -0.4 is 0 Å². The fourth-order valence-electron chi connectivity index (χ4n) is 4.52. The topological polar surface area (TPSA) is 59.4 Å². The number of nitrogens with zero attached hydrogens (tertiary/aromatic N) is 4. The van der Waals surface area contributed by atoms with Crippen LogP contribution in [-0.2, 0) is 0 Å². The van der Waals surface area contributed by atoms with Crippen molar-refractivity contribution in [3.63, 3.8) is 0 Å². The summed E-state index contributed by atoms with van der Waals surface area (Å²) in [7, 11) is 0. The molecular formula is C26H21N5. The summed E-state index contributed by atoms with van der Waals surface area (Å²) in [6.07, 6.45) is 5.72. The molecular weight excluding hydrogens is 382 g/mol. The van der Waals surface area contributed by atoms with Gasteiger partial charge in [-0.15, -0.1) is 0 Å². The van der Waals surface area contributed by atoms with E-state index < -0.39 is 0 Å². The molecule has 0 saturated carbocycles. The number of H-pyrrole nitrogens is 1. The lowest BCUT2D eigenvalue weighted by Crippen LogP contribution is -2.08. The second kappa shape index (κ2) is 6.77. The molecule has 150 valence electrons. The minimum Gasteiger partial charge on any atom is -0.346 e. The van der Waals surface area contributed by atoms with Gasteiger partial charge >= 0.3 is 0 Å². The van der Waals surface area contributed by atoms with Gasteiger partial charge in [-0.3, -0.25) is 4.98 Å². The van der Waals surface area contributed by atoms with Gasteiger partial charge in [0.05, 0.1) is 23.3 Å². The first kappa shape index (κ1) is 17.8. The Kier molecular flexibility index (Phi) is 3.90. The maximum absolute atomic E-state index is 4.83. The molecule has 0 bridgehead atoms. The van der Waals surface area contributed by atoms with Crippen molar-refractivity contribution in [2.24, 2.45) is 0 Å². The minimum absolute atomic E-state index is 0.165. The Morgan fingerprint density at radius 2 is 1.74 bits per heavy atom. The number of hydrogen-bond donors (Lipinski definition) is 1. The van der Waals surface area contributed by atoms with E-state index in [0.29, 0.717) is 0 Å². The lowest BCUT2D eigenvalue weighted by atomic mass is 10.0. The van der Waals surface area contributed by atoms with Crippen LogP contribution in [0.15, 0.2) is 79.3 Å². The quantitative estimate of drug-likeness (QED) is 0.391. The standard InChI is InChI=1S/C26H21N5/c1-16(18-6-4-3-5-7-18)31-17(2)30-24-15-28-23-9-8-19(13-22(23)25(24)31)21-12-20-10-11-27-26(20)29-14-21/h3-16H,1-2H3,(H,27,29)/t16-/m0/s1. The maximum atomic E-state index is 4.83.